The Bertz CT molecular complexity index is 1750. The van der Waals surface area contributed by atoms with Crippen LogP contribution in [0.4, 0.5) is 0 Å². The van der Waals surface area contributed by atoms with E-state index in [-0.39, 0.29) is 36.2 Å². The zero-order valence-corrected chi connectivity index (χ0v) is 29.0. The number of benzene rings is 4. The van der Waals surface area contributed by atoms with Crippen molar-refractivity contribution in [2.24, 2.45) is 0 Å². The van der Waals surface area contributed by atoms with Gasteiger partial charge in [0, 0.05) is 49.1 Å². The molecule has 1 fully saturated rings. The van der Waals surface area contributed by atoms with Crippen LogP contribution in [0.25, 0.3) is 11.1 Å². The van der Waals surface area contributed by atoms with Crippen LogP contribution in [0.5, 0.6) is 0 Å². The van der Waals surface area contributed by atoms with Crippen molar-refractivity contribution in [3.63, 3.8) is 0 Å². The average Bonchev–Trinajstić information content (AvgIpc) is 3.14. The summed E-state index contributed by atoms with van der Waals surface area (Å²) in [6.45, 7) is 2.52. The number of carbonyl (C=O) groups is 3. The van der Waals surface area contributed by atoms with E-state index < -0.39 is 12.3 Å². The van der Waals surface area contributed by atoms with Crippen molar-refractivity contribution in [2.75, 3.05) is 12.3 Å². The summed E-state index contributed by atoms with van der Waals surface area (Å²) in [7, 11) is 0. The summed E-state index contributed by atoms with van der Waals surface area (Å²) in [6.07, 6.45) is 2.38. The lowest BCUT2D eigenvalue weighted by molar-refractivity contribution is -0.245. The van der Waals surface area contributed by atoms with Gasteiger partial charge in [0.15, 0.2) is 6.29 Å². The Morgan fingerprint density at radius 2 is 1.56 bits per heavy atom. The smallest absolute Gasteiger partial charge is 0.336 e. The molecule has 1 saturated heterocycles. The second kappa shape index (κ2) is 18.5. The molecule has 0 spiro atoms. The summed E-state index contributed by atoms with van der Waals surface area (Å²) in [4.78, 5) is 35.9. The molecule has 4 N–H and O–H groups in total. The first-order chi connectivity index (χ1) is 24.3. The highest BCUT2D eigenvalue weighted by atomic mass is 32.2. The number of ether oxygens (including phenoxy) is 2. The monoisotopic (exact) mass is 696 g/mol. The molecule has 1 aliphatic rings. The van der Waals surface area contributed by atoms with Gasteiger partial charge < -0.3 is 30.3 Å². The third-order valence-corrected chi connectivity index (χ3v) is 9.73. The number of rotatable bonds is 16. The van der Waals surface area contributed by atoms with Crippen LogP contribution in [-0.4, -0.2) is 46.4 Å². The third-order valence-electron chi connectivity index (χ3n) is 8.52. The lowest BCUT2D eigenvalue weighted by Crippen LogP contribution is -2.31. The molecule has 3 atom stereocenters. The van der Waals surface area contributed by atoms with Crippen molar-refractivity contribution in [1.82, 2.24) is 10.6 Å². The van der Waals surface area contributed by atoms with Crippen LogP contribution in [0.3, 0.4) is 0 Å². The Labute approximate surface area is 297 Å². The van der Waals surface area contributed by atoms with Crippen LogP contribution in [0.15, 0.2) is 102 Å². The predicted octanol–water partition coefficient (Wildman–Crippen LogP) is 7.19. The number of nitrogens with one attached hydrogen (secondary N) is 2. The molecule has 1 heterocycles. The second-order valence-corrected chi connectivity index (χ2v) is 13.4. The third kappa shape index (κ3) is 10.8. The largest absolute Gasteiger partial charge is 0.478 e. The molecule has 0 radical (unpaired) electrons. The zero-order valence-electron chi connectivity index (χ0n) is 28.2. The number of aliphatic hydroxyl groups is 1. The number of carboxylic acid groups (broad SMARTS) is 1. The van der Waals surface area contributed by atoms with Crippen molar-refractivity contribution in [3.05, 3.63) is 125 Å². The molecule has 0 aromatic heterocycles. The molecule has 9 nitrogen and oxygen atoms in total. The van der Waals surface area contributed by atoms with E-state index in [4.69, 9.17) is 9.47 Å². The molecule has 5 rings (SSSR count). The van der Waals surface area contributed by atoms with E-state index in [1.54, 1.807) is 12.1 Å². The highest BCUT2D eigenvalue weighted by Crippen LogP contribution is 2.40. The standard InChI is InChI=1S/C40H44N2O7S/c1-27(44)41-20-6-2-3-15-38(45)42-24-29-9-7-10-31(21-29)32-11-8-12-33(22-32)40-48-34(26-50-37-14-5-4-13-35(37)39(46)47)23-36(49-40)30-18-16-28(25-43)17-19-30/h4-5,7-14,16-19,21-22,34,36,40,43H,2-3,6,15,20,23-26H2,1H3,(H,41,44)(H,42,45)(H,46,47)/t34-,36+,40+/m0/s1. The fourth-order valence-electron chi connectivity index (χ4n) is 5.84. The molecule has 0 unspecified atom stereocenters. The van der Waals surface area contributed by atoms with Crippen LogP contribution >= 0.6 is 11.8 Å². The average molecular weight is 697 g/mol. The fourth-order valence-corrected chi connectivity index (χ4v) is 6.91. The molecule has 2 amide bonds. The summed E-state index contributed by atoms with van der Waals surface area (Å²) < 4.78 is 13.1. The first-order valence-electron chi connectivity index (χ1n) is 16.9. The highest BCUT2D eigenvalue weighted by molar-refractivity contribution is 7.99. The summed E-state index contributed by atoms with van der Waals surface area (Å²) in [5, 5.41) is 25.0. The number of carbonyl (C=O) groups excluding carboxylic acids is 2. The number of hydrogen-bond donors (Lipinski definition) is 4. The molecule has 0 saturated carbocycles. The molecule has 262 valence electrons. The number of carboxylic acids is 1. The minimum atomic E-state index is -0.962. The summed E-state index contributed by atoms with van der Waals surface area (Å²) in [5.74, 6) is -0.456. The number of aromatic carboxylic acids is 1. The first-order valence-corrected chi connectivity index (χ1v) is 17.9. The Hall–Kier alpha value is -4.48. The topological polar surface area (TPSA) is 134 Å². The molecule has 1 aliphatic heterocycles. The summed E-state index contributed by atoms with van der Waals surface area (Å²) >= 11 is 1.46. The minimum Gasteiger partial charge on any atom is -0.478 e. The van der Waals surface area contributed by atoms with E-state index >= 15 is 0 Å². The van der Waals surface area contributed by atoms with Gasteiger partial charge in [-0.1, -0.05) is 79.2 Å². The molecule has 0 aliphatic carbocycles. The quantitative estimate of drug-likeness (QED) is 0.0715. The number of amides is 2. The molecule has 10 heteroatoms. The van der Waals surface area contributed by atoms with Gasteiger partial charge in [-0.25, -0.2) is 4.79 Å². The molecular formula is C40H44N2O7S. The van der Waals surface area contributed by atoms with Gasteiger partial charge >= 0.3 is 5.97 Å². The van der Waals surface area contributed by atoms with Crippen molar-refractivity contribution in [2.45, 2.75) is 75.6 Å². The van der Waals surface area contributed by atoms with Crippen molar-refractivity contribution in [1.29, 1.82) is 0 Å². The molecule has 4 aromatic carbocycles. The zero-order chi connectivity index (χ0) is 35.3. The van der Waals surface area contributed by atoms with Crippen molar-refractivity contribution < 1.29 is 34.1 Å². The van der Waals surface area contributed by atoms with Gasteiger partial charge in [0.2, 0.25) is 11.8 Å². The molecule has 0 bridgehead atoms. The Kier molecular flexibility index (Phi) is 13.6. The lowest BCUT2D eigenvalue weighted by Gasteiger charge is -2.36. The maximum Gasteiger partial charge on any atom is 0.336 e. The van der Waals surface area contributed by atoms with Gasteiger partial charge in [0.1, 0.15) is 0 Å². The van der Waals surface area contributed by atoms with E-state index in [0.29, 0.717) is 36.6 Å². The lowest BCUT2D eigenvalue weighted by atomic mass is 9.99. The van der Waals surface area contributed by atoms with Crippen LogP contribution < -0.4 is 10.6 Å². The fraction of sp³-hybridized carbons (Fsp3) is 0.325. The number of aliphatic hydroxyl groups excluding tert-OH is 1. The van der Waals surface area contributed by atoms with Gasteiger partial charge in [-0.15, -0.1) is 11.8 Å². The van der Waals surface area contributed by atoms with Crippen LogP contribution in [0.1, 0.15) is 84.0 Å². The normalized spacial score (nSPS) is 17.2. The summed E-state index contributed by atoms with van der Waals surface area (Å²) in [6, 6.07) is 30.8. The van der Waals surface area contributed by atoms with E-state index in [0.717, 1.165) is 52.6 Å². The Balaban J connectivity index is 1.26. The maximum atomic E-state index is 12.4. The second-order valence-electron chi connectivity index (χ2n) is 12.4. The van der Waals surface area contributed by atoms with Gasteiger partial charge in [0.25, 0.3) is 0 Å². The Morgan fingerprint density at radius 1 is 0.800 bits per heavy atom. The number of unbranched alkanes of at least 4 members (excludes halogenated alkanes) is 2. The van der Waals surface area contributed by atoms with E-state index in [1.807, 2.05) is 72.8 Å². The molecule has 50 heavy (non-hydrogen) atoms. The highest BCUT2D eigenvalue weighted by Gasteiger charge is 2.32. The number of thioether (sulfide) groups is 1. The Morgan fingerprint density at radius 3 is 2.32 bits per heavy atom. The number of hydrogen-bond acceptors (Lipinski definition) is 7. The molecular weight excluding hydrogens is 653 g/mol. The van der Waals surface area contributed by atoms with E-state index in [9.17, 15) is 24.6 Å². The van der Waals surface area contributed by atoms with E-state index in [2.05, 4.69) is 22.8 Å². The molecule has 4 aromatic rings. The first kappa shape index (κ1) is 36.8. The predicted molar refractivity (Wildman–Crippen MR) is 193 cm³/mol. The minimum absolute atomic E-state index is 0.00300. The SMILES string of the molecule is CC(=O)NCCCCCC(=O)NCc1cccc(-c2cccc([C@@H]3O[C@H](CSc4ccccc4C(=O)O)C[C@H](c4ccc(CO)cc4)O3)c2)c1. The van der Waals surface area contributed by atoms with Crippen LogP contribution in [-0.2, 0) is 32.2 Å². The maximum absolute atomic E-state index is 12.4. The van der Waals surface area contributed by atoms with Crippen molar-refractivity contribution in [3.8, 4) is 11.1 Å². The van der Waals surface area contributed by atoms with Crippen molar-refractivity contribution >= 4 is 29.5 Å². The van der Waals surface area contributed by atoms with E-state index in [1.165, 1.54) is 18.7 Å². The van der Waals surface area contributed by atoms with Gasteiger partial charge in [-0.05, 0) is 64.9 Å². The van der Waals surface area contributed by atoms with Gasteiger partial charge in [-0.3, -0.25) is 9.59 Å². The summed E-state index contributed by atoms with van der Waals surface area (Å²) in [5.41, 5.74) is 5.90. The van der Waals surface area contributed by atoms with Crippen LogP contribution in [0, 0.1) is 0 Å². The van der Waals surface area contributed by atoms with Gasteiger partial charge in [0.05, 0.1) is 24.4 Å². The van der Waals surface area contributed by atoms with Gasteiger partial charge in [-0.2, -0.15) is 0 Å². The van der Waals surface area contributed by atoms with Crippen LogP contribution in [0.2, 0.25) is 0 Å².